The number of anilines is 1. The van der Waals surface area contributed by atoms with Gasteiger partial charge in [-0.1, -0.05) is 0 Å². The first-order valence-electron chi connectivity index (χ1n) is 4.00. The Labute approximate surface area is 76.8 Å². The summed E-state index contributed by atoms with van der Waals surface area (Å²) in [5.41, 5.74) is 0. The molecule has 1 aromatic heterocycles. The molecule has 0 unspecified atom stereocenters. The van der Waals surface area contributed by atoms with E-state index in [1.165, 1.54) is 0 Å². The molecule has 1 aromatic rings. The Morgan fingerprint density at radius 1 is 1.00 bits per heavy atom. The summed E-state index contributed by atoms with van der Waals surface area (Å²) in [7, 11) is 1.97. The second-order valence-electron chi connectivity index (χ2n) is 2.72. The van der Waals surface area contributed by atoms with E-state index in [0.717, 1.165) is 0 Å². The minimum atomic E-state index is 0.683. The lowest BCUT2D eigenvalue weighted by atomic mass is 10.5. The Bertz CT molecular complexity index is 317. The van der Waals surface area contributed by atoms with Gasteiger partial charge in [0.2, 0.25) is 5.95 Å². The molecule has 0 aromatic carbocycles. The predicted octanol–water partition coefficient (Wildman–Crippen LogP) is 1.17. The SMILES string of the molecule is CN1C=CN(c2ncccn2)C=C1. The molecule has 0 amide bonds. The fourth-order valence-corrected chi connectivity index (χ4v) is 1.01. The Kier molecular flexibility index (Phi) is 1.96. The number of nitrogens with zero attached hydrogens (tertiary/aromatic N) is 4. The Morgan fingerprint density at radius 2 is 1.62 bits per heavy atom. The van der Waals surface area contributed by atoms with Crippen molar-refractivity contribution in [2.75, 3.05) is 11.9 Å². The molecule has 0 aliphatic carbocycles. The highest BCUT2D eigenvalue weighted by molar-refractivity contribution is 5.39. The molecule has 1 aliphatic heterocycles. The van der Waals surface area contributed by atoms with Crippen molar-refractivity contribution >= 4 is 5.95 Å². The van der Waals surface area contributed by atoms with Crippen LogP contribution in [0.5, 0.6) is 0 Å². The van der Waals surface area contributed by atoms with Crippen molar-refractivity contribution in [3.8, 4) is 0 Å². The molecule has 13 heavy (non-hydrogen) atoms. The largest absolute Gasteiger partial charge is 0.354 e. The fraction of sp³-hybridized carbons (Fsp3) is 0.111. The summed E-state index contributed by atoms with van der Waals surface area (Å²) in [5.74, 6) is 0.683. The molecule has 2 heterocycles. The van der Waals surface area contributed by atoms with Crippen LogP contribution in [0.1, 0.15) is 0 Å². The van der Waals surface area contributed by atoms with E-state index in [1.807, 2.05) is 41.6 Å². The summed E-state index contributed by atoms with van der Waals surface area (Å²) in [6.07, 6.45) is 11.2. The molecule has 66 valence electrons. The minimum Gasteiger partial charge on any atom is -0.354 e. The van der Waals surface area contributed by atoms with Gasteiger partial charge in [0.05, 0.1) is 0 Å². The second-order valence-corrected chi connectivity index (χ2v) is 2.72. The number of rotatable bonds is 1. The zero-order valence-electron chi connectivity index (χ0n) is 7.33. The Hall–Kier alpha value is -1.84. The lowest BCUT2D eigenvalue weighted by Gasteiger charge is -2.19. The van der Waals surface area contributed by atoms with Crippen molar-refractivity contribution in [2.45, 2.75) is 0 Å². The van der Waals surface area contributed by atoms with E-state index in [2.05, 4.69) is 9.97 Å². The van der Waals surface area contributed by atoms with Gasteiger partial charge in [-0.3, -0.25) is 4.90 Å². The van der Waals surface area contributed by atoms with Crippen LogP contribution in [0.2, 0.25) is 0 Å². The maximum absolute atomic E-state index is 4.12. The molecule has 4 heteroatoms. The van der Waals surface area contributed by atoms with Crippen LogP contribution in [0.3, 0.4) is 0 Å². The van der Waals surface area contributed by atoms with Crippen LogP contribution in [-0.4, -0.2) is 21.9 Å². The van der Waals surface area contributed by atoms with Crippen LogP contribution in [0.4, 0.5) is 5.95 Å². The Balaban J connectivity index is 2.20. The maximum atomic E-state index is 4.12. The average Bonchev–Trinajstić information content (AvgIpc) is 2.20. The van der Waals surface area contributed by atoms with Crippen LogP contribution in [-0.2, 0) is 0 Å². The number of hydrogen-bond acceptors (Lipinski definition) is 4. The highest BCUT2D eigenvalue weighted by Crippen LogP contribution is 2.10. The molecule has 0 radical (unpaired) electrons. The van der Waals surface area contributed by atoms with Gasteiger partial charge in [0.1, 0.15) is 0 Å². The average molecular weight is 174 g/mol. The van der Waals surface area contributed by atoms with Crippen LogP contribution >= 0.6 is 0 Å². The highest BCUT2D eigenvalue weighted by atomic mass is 15.3. The van der Waals surface area contributed by atoms with E-state index in [0.29, 0.717) is 5.95 Å². The van der Waals surface area contributed by atoms with Gasteiger partial charge in [0.15, 0.2) is 0 Å². The van der Waals surface area contributed by atoms with Crippen molar-refractivity contribution in [3.05, 3.63) is 43.3 Å². The van der Waals surface area contributed by atoms with Crippen molar-refractivity contribution in [3.63, 3.8) is 0 Å². The van der Waals surface area contributed by atoms with Crippen molar-refractivity contribution < 1.29 is 0 Å². The molecular weight excluding hydrogens is 164 g/mol. The molecule has 0 saturated carbocycles. The molecule has 0 atom stereocenters. The molecule has 0 saturated heterocycles. The molecule has 2 rings (SSSR count). The fourth-order valence-electron chi connectivity index (χ4n) is 1.01. The van der Waals surface area contributed by atoms with E-state index in [9.17, 15) is 0 Å². The zero-order chi connectivity index (χ0) is 9.10. The monoisotopic (exact) mass is 174 g/mol. The van der Waals surface area contributed by atoms with E-state index in [-0.39, 0.29) is 0 Å². The van der Waals surface area contributed by atoms with Gasteiger partial charge in [-0.05, 0) is 6.07 Å². The van der Waals surface area contributed by atoms with Crippen molar-refractivity contribution in [1.82, 2.24) is 14.9 Å². The smallest absolute Gasteiger partial charge is 0.233 e. The van der Waals surface area contributed by atoms with E-state index in [1.54, 1.807) is 18.5 Å². The van der Waals surface area contributed by atoms with Gasteiger partial charge in [-0.15, -0.1) is 0 Å². The van der Waals surface area contributed by atoms with Crippen LogP contribution in [0, 0.1) is 0 Å². The molecule has 0 spiro atoms. The van der Waals surface area contributed by atoms with Gasteiger partial charge in [-0.25, -0.2) is 9.97 Å². The highest BCUT2D eigenvalue weighted by Gasteiger charge is 2.04. The van der Waals surface area contributed by atoms with Crippen molar-refractivity contribution in [1.29, 1.82) is 0 Å². The molecule has 0 N–H and O–H groups in total. The molecular formula is C9H10N4. The maximum Gasteiger partial charge on any atom is 0.233 e. The van der Waals surface area contributed by atoms with E-state index < -0.39 is 0 Å². The zero-order valence-corrected chi connectivity index (χ0v) is 7.33. The summed E-state index contributed by atoms with van der Waals surface area (Å²) >= 11 is 0. The second kappa shape index (κ2) is 3.26. The third kappa shape index (κ3) is 1.66. The lowest BCUT2D eigenvalue weighted by molar-refractivity contribution is 0.611. The normalized spacial score (nSPS) is 15.2. The standard InChI is InChI=1S/C9H10N4/c1-12-5-7-13(8-6-12)9-10-3-2-4-11-9/h2-8H,1H3. The quantitative estimate of drug-likeness (QED) is 0.639. The van der Waals surface area contributed by atoms with Gasteiger partial charge in [-0.2, -0.15) is 0 Å². The van der Waals surface area contributed by atoms with Gasteiger partial charge in [0.25, 0.3) is 0 Å². The first-order chi connectivity index (χ1) is 6.36. The van der Waals surface area contributed by atoms with E-state index >= 15 is 0 Å². The number of aromatic nitrogens is 2. The topological polar surface area (TPSA) is 32.3 Å². The third-order valence-corrected chi connectivity index (χ3v) is 1.71. The van der Waals surface area contributed by atoms with E-state index in [4.69, 9.17) is 0 Å². The minimum absolute atomic E-state index is 0.683. The summed E-state index contributed by atoms with van der Waals surface area (Å²) in [6, 6.07) is 1.80. The summed E-state index contributed by atoms with van der Waals surface area (Å²) in [4.78, 5) is 12.1. The van der Waals surface area contributed by atoms with Crippen LogP contribution in [0.25, 0.3) is 0 Å². The predicted molar refractivity (Wildman–Crippen MR) is 50.6 cm³/mol. The summed E-state index contributed by atoms with van der Waals surface area (Å²) in [5, 5.41) is 0. The Morgan fingerprint density at radius 3 is 2.23 bits per heavy atom. The lowest BCUT2D eigenvalue weighted by Crippen LogP contribution is -2.17. The van der Waals surface area contributed by atoms with Gasteiger partial charge < -0.3 is 4.90 Å². The third-order valence-electron chi connectivity index (χ3n) is 1.71. The van der Waals surface area contributed by atoms with Crippen LogP contribution < -0.4 is 4.90 Å². The van der Waals surface area contributed by atoms with Gasteiger partial charge in [0, 0.05) is 44.2 Å². The summed E-state index contributed by atoms with van der Waals surface area (Å²) in [6.45, 7) is 0. The first-order valence-corrected chi connectivity index (χ1v) is 4.00. The molecule has 1 aliphatic rings. The number of hydrogen-bond donors (Lipinski definition) is 0. The molecule has 0 fully saturated rings. The first kappa shape index (κ1) is 7.79. The van der Waals surface area contributed by atoms with Gasteiger partial charge >= 0.3 is 0 Å². The van der Waals surface area contributed by atoms with Crippen molar-refractivity contribution in [2.24, 2.45) is 0 Å². The summed E-state index contributed by atoms with van der Waals surface area (Å²) < 4.78 is 0. The molecule has 0 bridgehead atoms. The molecule has 4 nitrogen and oxygen atoms in total. The van der Waals surface area contributed by atoms with Crippen LogP contribution in [0.15, 0.2) is 43.3 Å².